The topological polar surface area (TPSA) is 115 Å². The molecule has 23 heavy (non-hydrogen) atoms. The fraction of sp³-hybridized carbons (Fsp3) is 0.176. The quantitative estimate of drug-likeness (QED) is 0.645. The van der Waals surface area contributed by atoms with Crippen LogP contribution in [-0.4, -0.2) is 32.4 Å². The zero-order valence-corrected chi connectivity index (χ0v) is 12.7. The van der Waals surface area contributed by atoms with Crippen LogP contribution in [0.2, 0.25) is 0 Å². The molecule has 6 nitrogen and oxygen atoms in total. The molecule has 0 unspecified atom stereocenters. The Morgan fingerprint density at radius 1 is 0.826 bits per heavy atom. The van der Waals surface area contributed by atoms with Crippen LogP contribution in [0.15, 0.2) is 54.6 Å². The van der Waals surface area contributed by atoms with E-state index in [0.717, 1.165) is 6.42 Å². The maximum atomic E-state index is 10.2. The Bertz CT molecular complexity index is 574. The zero-order valence-electron chi connectivity index (χ0n) is 12.7. The standard InChI is InChI=1S/C7H6O2.C6H6O2.C4H8O2/c8-7(9)6-4-2-1-3-5-6;7-5-3-1-2-4-6(5)8;1-2-3-4(5)6/h1-5H,(H,8,9);1-4,7-8H;2-3H2,1H3,(H,5,6). The summed E-state index contributed by atoms with van der Waals surface area (Å²) in [5.41, 5.74) is 0.331. The van der Waals surface area contributed by atoms with Gasteiger partial charge >= 0.3 is 11.9 Å². The number of carboxylic acid groups (broad SMARTS) is 2. The average molecular weight is 320 g/mol. The number of phenols is 2. The molecule has 2 rings (SSSR count). The van der Waals surface area contributed by atoms with Crippen LogP contribution in [-0.2, 0) is 4.79 Å². The summed E-state index contributed by atoms with van der Waals surface area (Å²) in [6.45, 7) is 1.84. The summed E-state index contributed by atoms with van der Waals surface area (Å²) in [6.07, 6.45) is 1.02. The molecule has 0 saturated carbocycles. The molecule has 0 bridgehead atoms. The number of para-hydroxylation sites is 2. The van der Waals surface area contributed by atoms with Gasteiger partial charge in [-0.05, 0) is 30.7 Å². The number of phenolic OH excluding ortho intramolecular Hbond substituents is 2. The first-order chi connectivity index (χ1) is 10.9. The van der Waals surface area contributed by atoms with Gasteiger partial charge in [-0.3, -0.25) is 4.79 Å². The number of aliphatic carboxylic acids is 1. The first kappa shape index (κ1) is 20.0. The summed E-state index contributed by atoms with van der Waals surface area (Å²) in [4.78, 5) is 19.8. The lowest BCUT2D eigenvalue weighted by atomic mass is 10.2. The third kappa shape index (κ3) is 10.4. The lowest BCUT2D eigenvalue weighted by Gasteiger charge is -1.91. The van der Waals surface area contributed by atoms with Crippen LogP contribution in [0.25, 0.3) is 0 Å². The van der Waals surface area contributed by atoms with Gasteiger partial charge in [0.25, 0.3) is 0 Å². The third-order valence-corrected chi connectivity index (χ3v) is 2.37. The Balaban J connectivity index is 0.000000323. The lowest BCUT2D eigenvalue weighted by molar-refractivity contribution is -0.137. The molecule has 0 aliphatic heterocycles. The van der Waals surface area contributed by atoms with E-state index in [1.807, 2.05) is 6.92 Å². The molecule has 0 spiro atoms. The van der Waals surface area contributed by atoms with E-state index in [1.165, 1.54) is 12.1 Å². The molecule has 0 aromatic heterocycles. The molecular weight excluding hydrogens is 300 g/mol. The van der Waals surface area contributed by atoms with Gasteiger partial charge in [0.1, 0.15) is 0 Å². The van der Waals surface area contributed by atoms with Gasteiger partial charge in [-0.2, -0.15) is 0 Å². The van der Waals surface area contributed by atoms with Crippen molar-refractivity contribution in [3.05, 3.63) is 60.2 Å². The molecule has 0 aliphatic carbocycles. The van der Waals surface area contributed by atoms with E-state index in [2.05, 4.69) is 0 Å². The van der Waals surface area contributed by atoms with Gasteiger partial charge in [-0.15, -0.1) is 0 Å². The van der Waals surface area contributed by atoms with Crippen LogP contribution in [0.4, 0.5) is 0 Å². The molecule has 0 saturated heterocycles. The maximum Gasteiger partial charge on any atom is 0.335 e. The molecular formula is C17H20O6. The molecule has 0 radical (unpaired) electrons. The highest BCUT2D eigenvalue weighted by atomic mass is 16.4. The van der Waals surface area contributed by atoms with Crippen molar-refractivity contribution in [1.29, 1.82) is 0 Å². The van der Waals surface area contributed by atoms with Crippen molar-refractivity contribution < 1.29 is 30.0 Å². The van der Waals surface area contributed by atoms with Crippen LogP contribution in [0.1, 0.15) is 30.1 Å². The molecule has 2 aromatic carbocycles. The van der Waals surface area contributed by atoms with Gasteiger partial charge in [0.2, 0.25) is 0 Å². The van der Waals surface area contributed by atoms with E-state index in [-0.39, 0.29) is 11.5 Å². The molecule has 0 amide bonds. The van der Waals surface area contributed by atoms with Crippen molar-refractivity contribution in [2.24, 2.45) is 0 Å². The Kier molecular flexibility index (Phi) is 10.1. The van der Waals surface area contributed by atoms with Gasteiger partial charge in [-0.1, -0.05) is 37.3 Å². The molecule has 0 atom stereocenters. The maximum absolute atomic E-state index is 10.2. The van der Waals surface area contributed by atoms with Crippen LogP contribution in [0.5, 0.6) is 11.5 Å². The van der Waals surface area contributed by atoms with E-state index in [0.29, 0.717) is 12.0 Å². The Morgan fingerprint density at radius 3 is 1.48 bits per heavy atom. The number of rotatable bonds is 3. The van der Waals surface area contributed by atoms with E-state index in [1.54, 1.807) is 42.5 Å². The normalized spacial score (nSPS) is 8.74. The molecule has 2 aromatic rings. The van der Waals surface area contributed by atoms with E-state index in [4.69, 9.17) is 20.4 Å². The summed E-state index contributed by atoms with van der Waals surface area (Å²) in [7, 11) is 0. The Labute approximate surface area is 134 Å². The van der Waals surface area contributed by atoms with Gasteiger partial charge in [0, 0.05) is 6.42 Å². The third-order valence-electron chi connectivity index (χ3n) is 2.37. The molecule has 4 N–H and O–H groups in total. The molecule has 124 valence electrons. The SMILES string of the molecule is CCCC(=O)O.O=C(O)c1ccccc1.Oc1ccccc1O. The van der Waals surface area contributed by atoms with Crippen molar-refractivity contribution in [3.8, 4) is 11.5 Å². The highest BCUT2D eigenvalue weighted by molar-refractivity contribution is 5.87. The van der Waals surface area contributed by atoms with Crippen molar-refractivity contribution in [3.63, 3.8) is 0 Å². The first-order valence-corrected chi connectivity index (χ1v) is 6.85. The largest absolute Gasteiger partial charge is 0.504 e. The highest BCUT2D eigenvalue weighted by Crippen LogP contribution is 2.21. The van der Waals surface area contributed by atoms with Crippen molar-refractivity contribution in [1.82, 2.24) is 0 Å². The van der Waals surface area contributed by atoms with E-state index >= 15 is 0 Å². The highest BCUT2D eigenvalue weighted by Gasteiger charge is 1.96. The van der Waals surface area contributed by atoms with Crippen LogP contribution in [0.3, 0.4) is 0 Å². The number of aromatic hydroxyl groups is 2. The number of benzene rings is 2. The summed E-state index contributed by atoms with van der Waals surface area (Å²) in [6, 6.07) is 14.4. The second-order valence-electron chi connectivity index (χ2n) is 4.30. The summed E-state index contributed by atoms with van der Waals surface area (Å²) in [5.74, 6) is -1.74. The second-order valence-corrected chi connectivity index (χ2v) is 4.30. The lowest BCUT2D eigenvalue weighted by Crippen LogP contribution is -1.93. The van der Waals surface area contributed by atoms with E-state index < -0.39 is 11.9 Å². The van der Waals surface area contributed by atoms with Crippen molar-refractivity contribution in [2.45, 2.75) is 19.8 Å². The smallest absolute Gasteiger partial charge is 0.335 e. The molecule has 0 aliphatic rings. The molecule has 0 fully saturated rings. The van der Waals surface area contributed by atoms with Gasteiger partial charge in [-0.25, -0.2) is 4.79 Å². The van der Waals surface area contributed by atoms with Crippen LogP contribution < -0.4 is 0 Å². The number of carbonyl (C=O) groups is 2. The predicted molar refractivity (Wildman–Crippen MR) is 85.7 cm³/mol. The summed E-state index contributed by atoms with van der Waals surface area (Å²) in [5, 5.41) is 33.6. The average Bonchev–Trinajstić information content (AvgIpc) is 2.52. The zero-order chi connectivity index (χ0) is 17.7. The number of carboxylic acids is 2. The Hall–Kier alpha value is -3.02. The van der Waals surface area contributed by atoms with Gasteiger partial charge in [0.15, 0.2) is 11.5 Å². The summed E-state index contributed by atoms with van der Waals surface area (Å²) < 4.78 is 0. The monoisotopic (exact) mass is 320 g/mol. The minimum Gasteiger partial charge on any atom is -0.504 e. The van der Waals surface area contributed by atoms with Crippen molar-refractivity contribution in [2.75, 3.05) is 0 Å². The minimum absolute atomic E-state index is 0.0764. The van der Waals surface area contributed by atoms with Crippen LogP contribution >= 0.6 is 0 Å². The molecule has 0 heterocycles. The fourth-order valence-electron chi connectivity index (χ4n) is 1.26. The first-order valence-electron chi connectivity index (χ1n) is 6.85. The predicted octanol–water partition coefficient (Wildman–Crippen LogP) is 3.35. The number of aromatic carboxylic acids is 1. The number of hydrogen-bond donors (Lipinski definition) is 4. The van der Waals surface area contributed by atoms with Crippen LogP contribution in [0, 0.1) is 0 Å². The number of hydrogen-bond acceptors (Lipinski definition) is 4. The van der Waals surface area contributed by atoms with E-state index in [9.17, 15) is 9.59 Å². The molecule has 6 heteroatoms. The Morgan fingerprint density at radius 2 is 1.26 bits per heavy atom. The van der Waals surface area contributed by atoms with Gasteiger partial charge in [0.05, 0.1) is 5.56 Å². The minimum atomic E-state index is -0.879. The second kappa shape index (κ2) is 11.6. The van der Waals surface area contributed by atoms with Gasteiger partial charge < -0.3 is 20.4 Å². The fourth-order valence-corrected chi connectivity index (χ4v) is 1.26. The summed E-state index contributed by atoms with van der Waals surface area (Å²) >= 11 is 0. The van der Waals surface area contributed by atoms with Crippen molar-refractivity contribution >= 4 is 11.9 Å².